The van der Waals surface area contributed by atoms with Crippen LogP contribution in [0.25, 0.3) is 6.08 Å². The summed E-state index contributed by atoms with van der Waals surface area (Å²) in [4.78, 5) is 14.2. The lowest BCUT2D eigenvalue weighted by Crippen LogP contribution is -2.24. The Morgan fingerprint density at radius 1 is 1.14 bits per heavy atom. The van der Waals surface area contributed by atoms with Crippen LogP contribution in [-0.2, 0) is 11.3 Å². The molecule has 1 aliphatic rings. The monoisotopic (exact) mass is 447 g/mol. The normalized spacial score (nSPS) is 12.7. The second-order valence-electron chi connectivity index (χ2n) is 6.23. The molecule has 2 aromatic rings. The van der Waals surface area contributed by atoms with E-state index in [0.717, 1.165) is 21.3 Å². The number of nitrogens with zero attached hydrogens (tertiary/aromatic N) is 1. The molecule has 0 atom stereocenters. The molecule has 0 radical (unpaired) electrons. The molecule has 0 unspecified atom stereocenters. The van der Waals surface area contributed by atoms with Crippen molar-refractivity contribution in [2.45, 2.75) is 6.54 Å². The van der Waals surface area contributed by atoms with Gasteiger partial charge in [0.05, 0.1) is 14.2 Å². The number of methoxy groups -OCH3 is 2. The third kappa shape index (κ3) is 4.59. The second kappa shape index (κ2) is 9.01. The van der Waals surface area contributed by atoms with E-state index >= 15 is 0 Å². The van der Waals surface area contributed by atoms with E-state index in [2.05, 4.69) is 15.9 Å². The highest BCUT2D eigenvalue weighted by molar-refractivity contribution is 9.10. The Bertz CT molecular complexity index is 879. The lowest BCUT2D eigenvalue weighted by atomic mass is 10.1. The molecule has 28 heavy (non-hydrogen) atoms. The number of likely N-dealkylation sites (N-methyl/N-ethyl adjacent to an activating group) is 1. The molecule has 0 aliphatic carbocycles. The summed E-state index contributed by atoms with van der Waals surface area (Å²) in [6.45, 7) is 1.40. The third-order valence-corrected chi connectivity index (χ3v) is 4.79. The minimum absolute atomic E-state index is 0.129. The fraction of sp³-hybridized carbons (Fsp3) is 0.286. The number of carbonyl (C=O) groups is 1. The summed E-state index contributed by atoms with van der Waals surface area (Å²) < 4.78 is 22.9. The van der Waals surface area contributed by atoms with Crippen LogP contribution in [0.3, 0.4) is 0 Å². The first-order chi connectivity index (χ1) is 13.5. The minimum atomic E-state index is -0.129. The van der Waals surface area contributed by atoms with Gasteiger partial charge in [-0.2, -0.15) is 0 Å². The fourth-order valence-corrected chi connectivity index (χ4v) is 3.30. The van der Waals surface area contributed by atoms with E-state index in [4.69, 9.17) is 18.9 Å². The van der Waals surface area contributed by atoms with Crippen molar-refractivity contribution in [2.24, 2.45) is 0 Å². The zero-order chi connectivity index (χ0) is 20.1. The lowest BCUT2D eigenvalue weighted by Gasteiger charge is -2.21. The van der Waals surface area contributed by atoms with Crippen molar-refractivity contribution in [1.82, 2.24) is 4.90 Å². The number of benzene rings is 2. The fourth-order valence-electron chi connectivity index (χ4n) is 2.89. The largest absolute Gasteiger partial charge is 0.496 e. The summed E-state index contributed by atoms with van der Waals surface area (Å²) in [5.74, 6) is 2.40. The molecule has 3 rings (SSSR count). The smallest absolute Gasteiger partial charge is 0.246 e. The zero-order valence-corrected chi connectivity index (χ0v) is 17.6. The van der Waals surface area contributed by atoms with Crippen LogP contribution in [0.4, 0.5) is 0 Å². The van der Waals surface area contributed by atoms with Crippen molar-refractivity contribution in [3.63, 3.8) is 0 Å². The van der Waals surface area contributed by atoms with Gasteiger partial charge in [0.15, 0.2) is 11.5 Å². The van der Waals surface area contributed by atoms with Crippen molar-refractivity contribution >= 4 is 27.9 Å². The van der Waals surface area contributed by atoms with Gasteiger partial charge >= 0.3 is 0 Å². The number of halogens is 1. The van der Waals surface area contributed by atoms with Crippen LogP contribution in [0, 0.1) is 0 Å². The van der Waals surface area contributed by atoms with Gasteiger partial charge in [-0.3, -0.25) is 4.79 Å². The predicted octanol–water partition coefficient (Wildman–Crippen LogP) is 3.91. The molecular formula is C21H22BrNO5. The third-order valence-electron chi connectivity index (χ3n) is 4.29. The van der Waals surface area contributed by atoms with Crippen molar-refractivity contribution in [2.75, 3.05) is 34.5 Å². The van der Waals surface area contributed by atoms with Gasteiger partial charge in [-0.05, 0) is 42.0 Å². The molecular weight excluding hydrogens is 426 g/mol. The predicted molar refractivity (Wildman–Crippen MR) is 110 cm³/mol. The molecule has 0 N–H and O–H groups in total. The van der Waals surface area contributed by atoms with E-state index in [-0.39, 0.29) is 5.91 Å². The van der Waals surface area contributed by atoms with Gasteiger partial charge in [0.25, 0.3) is 0 Å². The standard InChI is InChI=1S/C21H22BrNO5/c1-23(13-15-12-16(22)5-6-17(15)25-2)20(24)7-4-14-10-18(26-3)21-19(11-14)27-8-9-28-21/h4-7,10-12H,8-9,13H2,1-3H3. The van der Waals surface area contributed by atoms with Crippen LogP contribution in [0.1, 0.15) is 11.1 Å². The lowest BCUT2D eigenvalue weighted by molar-refractivity contribution is -0.125. The van der Waals surface area contributed by atoms with Crippen LogP contribution in [-0.4, -0.2) is 45.3 Å². The van der Waals surface area contributed by atoms with Gasteiger partial charge in [0.2, 0.25) is 11.7 Å². The average molecular weight is 448 g/mol. The van der Waals surface area contributed by atoms with Gasteiger partial charge in [-0.1, -0.05) is 15.9 Å². The summed E-state index contributed by atoms with van der Waals surface area (Å²) >= 11 is 3.45. The van der Waals surface area contributed by atoms with E-state index in [1.54, 1.807) is 32.2 Å². The Morgan fingerprint density at radius 3 is 2.64 bits per heavy atom. The van der Waals surface area contributed by atoms with E-state index in [9.17, 15) is 4.79 Å². The Kier molecular flexibility index (Phi) is 6.46. The highest BCUT2D eigenvalue weighted by Gasteiger charge is 2.18. The molecule has 148 valence electrons. The van der Waals surface area contributed by atoms with Crippen LogP contribution >= 0.6 is 15.9 Å². The van der Waals surface area contributed by atoms with Crippen molar-refractivity contribution < 1.29 is 23.7 Å². The number of hydrogen-bond acceptors (Lipinski definition) is 5. The molecule has 1 amide bonds. The molecule has 0 bridgehead atoms. The zero-order valence-electron chi connectivity index (χ0n) is 16.0. The number of carbonyl (C=O) groups excluding carboxylic acids is 1. The SMILES string of the molecule is COc1ccc(Br)cc1CN(C)C(=O)C=Cc1cc(OC)c2c(c1)OCCO2. The summed E-state index contributed by atoms with van der Waals surface area (Å²) in [7, 11) is 4.94. The van der Waals surface area contributed by atoms with Crippen molar-refractivity contribution in [1.29, 1.82) is 0 Å². The highest BCUT2D eigenvalue weighted by Crippen LogP contribution is 2.40. The molecule has 0 saturated heterocycles. The first-order valence-corrected chi connectivity index (χ1v) is 9.54. The first-order valence-electron chi connectivity index (χ1n) is 8.75. The van der Waals surface area contributed by atoms with Crippen molar-refractivity contribution in [3.8, 4) is 23.0 Å². The molecule has 0 aromatic heterocycles. The van der Waals surface area contributed by atoms with Gasteiger partial charge in [-0.25, -0.2) is 0 Å². The maximum Gasteiger partial charge on any atom is 0.246 e. The molecule has 1 heterocycles. The van der Waals surface area contributed by atoms with Crippen LogP contribution in [0.15, 0.2) is 40.9 Å². The quantitative estimate of drug-likeness (QED) is 0.628. The number of amides is 1. The number of fused-ring (bicyclic) bond motifs is 1. The van der Waals surface area contributed by atoms with E-state index in [1.807, 2.05) is 30.3 Å². The Labute approximate surface area is 172 Å². The van der Waals surface area contributed by atoms with Crippen LogP contribution < -0.4 is 18.9 Å². The molecule has 2 aromatic carbocycles. The van der Waals surface area contributed by atoms with E-state index < -0.39 is 0 Å². The van der Waals surface area contributed by atoms with Crippen LogP contribution in [0.2, 0.25) is 0 Å². The minimum Gasteiger partial charge on any atom is -0.496 e. The first kappa shape index (κ1) is 20.1. The molecule has 7 heteroatoms. The topological polar surface area (TPSA) is 57.2 Å². The maximum atomic E-state index is 12.5. The van der Waals surface area contributed by atoms with Crippen molar-refractivity contribution in [3.05, 3.63) is 52.0 Å². The van der Waals surface area contributed by atoms with Gasteiger partial charge in [-0.15, -0.1) is 0 Å². The molecule has 0 spiro atoms. The second-order valence-corrected chi connectivity index (χ2v) is 7.15. The maximum absolute atomic E-state index is 12.5. The molecule has 0 saturated carbocycles. The summed E-state index contributed by atoms with van der Waals surface area (Å²) in [5.41, 5.74) is 1.71. The Hall–Kier alpha value is -2.67. The van der Waals surface area contributed by atoms with Crippen LogP contribution in [0.5, 0.6) is 23.0 Å². The van der Waals surface area contributed by atoms with E-state index in [0.29, 0.717) is 37.0 Å². The molecule has 1 aliphatic heterocycles. The van der Waals surface area contributed by atoms with E-state index in [1.165, 1.54) is 6.08 Å². The highest BCUT2D eigenvalue weighted by atomic mass is 79.9. The van der Waals surface area contributed by atoms with Gasteiger partial charge in [0.1, 0.15) is 19.0 Å². The number of ether oxygens (including phenoxy) is 4. The number of rotatable bonds is 6. The van der Waals surface area contributed by atoms with Gasteiger partial charge in [0, 0.05) is 29.7 Å². The Morgan fingerprint density at radius 2 is 1.89 bits per heavy atom. The molecule has 0 fully saturated rings. The van der Waals surface area contributed by atoms with Gasteiger partial charge < -0.3 is 23.8 Å². The molecule has 6 nitrogen and oxygen atoms in total. The summed E-state index contributed by atoms with van der Waals surface area (Å²) in [6.07, 6.45) is 3.26. The summed E-state index contributed by atoms with van der Waals surface area (Å²) in [6, 6.07) is 9.36. The summed E-state index contributed by atoms with van der Waals surface area (Å²) in [5, 5.41) is 0. The Balaban J connectivity index is 1.74. The average Bonchev–Trinajstić information content (AvgIpc) is 2.71. The number of hydrogen-bond donors (Lipinski definition) is 0.